The Bertz CT molecular complexity index is 411. The molecule has 1 aromatic carbocycles. The van der Waals surface area contributed by atoms with Crippen LogP contribution < -0.4 is 5.32 Å². The first-order valence-corrected chi connectivity index (χ1v) is 5.32. The topological polar surface area (TPSA) is 49.3 Å². The lowest BCUT2D eigenvalue weighted by Crippen LogP contribution is -2.21. The van der Waals surface area contributed by atoms with Gasteiger partial charge in [0.2, 0.25) is 0 Å². The lowest BCUT2D eigenvalue weighted by atomic mass is 10.2. The van der Waals surface area contributed by atoms with E-state index >= 15 is 0 Å². The summed E-state index contributed by atoms with van der Waals surface area (Å²) in [4.78, 5) is 8.90. The number of rotatable bonds is 2. The van der Waals surface area contributed by atoms with Crippen LogP contribution in [0.2, 0.25) is 10.0 Å². The summed E-state index contributed by atoms with van der Waals surface area (Å²) in [6.45, 7) is 0.816. The number of hydrogen-bond acceptors (Lipinski definition) is 2. The Kier molecular flexibility index (Phi) is 7.05. The third-order valence-corrected chi connectivity index (χ3v) is 2.35. The second-order valence-electron chi connectivity index (χ2n) is 3.08. The van der Waals surface area contributed by atoms with Crippen LogP contribution in [0.5, 0.6) is 0 Å². The van der Waals surface area contributed by atoms with E-state index in [9.17, 15) is 13.2 Å². The number of alkyl halides is 3. The van der Waals surface area contributed by atoms with Crippen LogP contribution in [0.1, 0.15) is 5.56 Å². The number of hydrogen-bond donors (Lipinski definition) is 2. The van der Waals surface area contributed by atoms with E-state index in [1.54, 1.807) is 6.07 Å². The summed E-state index contributed by atoms with van der Waals surface area (Å²) < 4.78 is 31.7. The number of carbonyl (C=O) groups is 1. The quantitative estimate of drug-likeness (QED) is 0.881. The highest BCUT2D eigenvalue weighted by Crippen LogP contribution is 2.22. The Hall–Kier alpha value is -0.980. The van der Waals surface area contributed by atoms with Gasteiger partial charge in [-0.2, -0.15) is 13.2 Å². The lowest BCUT2D eigenvalue weighted by molar-refractivity contribution is -0.192. The first kappa shape index (κ1) is 17.0. The van der Waals surface area contributed by atoms with Gasteiger partial charge in [0.25, 0.3) is 0 Å². The van der Waals surface area contributed by atoms with Crippen molar-refractivity contribution in [3.63, 3.8) is 0 Å². The number of halogens is 5. The van der Waals surface area contributed by atoms with Crippen molar-refractivity contribution >= 4 is 29.2 Å². The second kappa shape index (κ2) is 7.45. The van der Waals surface area contributed by atoms with Gasteiger partial charge in [0.05, 0.1) is 10.0 Å². The van der Waals surface area contributed by atoms with Crippen molar-refractivity contribution in [2.45, 2.75) is 12.7 Å². The first-order chi connectivity index (χ1) is 8.18. The van der Waals surface area contributed by atoms with Gasteiger partial charge in [-0.15, -0.1) is 0 Å². The minimum atomic E-state index is -5.08. The molecule has 0 unspecified atom stereocenters. The molecule has 0 bridgehead atoms. The molecule has 0 aliphatic heterocycles. The number of aliphatic carboxylic acids is 1. The number of carboxylic acid groups (broad SMARTS) is 1. The van der Waals surface area contributed by atoms with Crippen molar-refractivity contribution in [2.75, 3.05) is 7.05 Å². The van der Waals surface area contributed by atoms with Crippen LogP contribution in [0.15, 0.2) is 18.2 Å². The molecule has 1 rings (SSSR count). The summed E-state index contributed by atoms with van der Waals surface area (Å²) in [7, 11) is 1.89. The van der Waals surface area contributed by atoms with Gasteiger partial charge in [-0.3, -0.25) is 0 Å². The zero-order valence-corrected chi connectivity index (χ0v) is 10.7. The zero-order valence-electron chi connectivity index (χ0n) is 9.18. The molecule has 18 heavy (non-hydrogen) atoms. The minimum absolute atomic E-state index is 0.603. The van der Waals surface area contributed by atoms with Crippen LogP contribution >= 0.6 is 23.2 Å². The van der Waals surface area contributed by atoms with E-state index in [4.69, 9.17) is 33.1 Å². The summed E-state index contributed by atoms with van der Waals surface area (Å²) >= 11 is 11.5. The summed E-state index contributed by atoms with van der Waals surface area (Å²) in [5.74, 6) is -2.76. The summed E-state index contributed by atoms with van der Waals surface area (Å²) in [6.07, 6.45) is -5.08. The molecular formula is C10H10Cl2F3NO2. The molecule has 0 fully saturated rings. The fourth-order valence-corrected chi connectivity index (χ4v) is 1.17. The van der Waals surface area contributed by atoms with Gasteiger partial charge in [0, 0.05) is 6.54 Å². The molecule has 3 nitrogen and oxygen atoms in total. The molecule has 8 heteroatoms. The molecular weight excluding hydrogens is 294 g/mol. The molecule has 0 spiro atoms. The molecule has 0 aromatic heterocycles. The summed E-state index contributed by atoms with van der Waals surface area (Å²) in [5.41, 5.74) is 1.14. The maximum absolute atomic E-state index is 10.6. The SMILES string of the molecule is CNCc1ccc(Cl)c(Cl)c1.O=C(O)C(F)(F)F. The monoisotopic (exact) mass is 303 g/mol. The van der Waals surface area contributed by atoms with Crippen LogP contribution in [0.25, 0.3) is 0 Å². The van der Waals surface area contributed by atoms with E-state index in [0.29, 0.717) is 10.0 Å². The number of carboxylic acids is 1. The van der Waals surface area contributed by atoms with E-state index in [1.807, 2.05) is 19.2 Å². The van der Waals surface area contributed by atoms with E-state index in [-0.39, 0.29) is 0 Å². The predicted molar refractivity (Wildman–Crippen MR) is 62.9 cm³/mol. The highest BCUT2D eigenvalue weighted by molar-refractivity contribution is 6.42. The lowest BCUT2D eigenvalue weighted by Gasteiger charge is -2.00. The highest BCUT2D eigenvalue weighted by atomic mass is 35.5. The molecule has 0 aliphatic rings. The van der Waals surface area contributed by atoms with Crippen molar-refractivity contribution in [3.8, 4) is 0 Å². The molecule has 2 N–H and O–H groups in total. The van der Waals surface area contributed by atoms with Gasteiger partial charge in [-0.1, -0.05) is 29.3 Å². The van der Waals surface area contributed by atoms with E-state index in [2.05, 4.69) is 5.32 Å². The fourth-order valence-electron chi connectivity index (χ4n) is 0.854. The number of nitrogens with one attached hydrogen (secondary N) is 1. The van der Waals surface area contributed by atoms with Gasteiger partial charge >= 0.3 is 12.1 Å². The molecule has 0 saturated carbocycles. The minimum Gasteiger partial charge on any atom is -0.475 e. The largest absolute Gasteiger partial charge is 0.490 e. The molecule has 0 aliphatic carbocycles. The van der Waals surface area contributed by atoms with E-state index in [1.165, 1.54) is 0 Å². The van der Waals surface area contributed by atoms with Crippen LogP contribution in [0.3, 0.4) is 0 Å². The van der Waals surface area contributed by atoms with Crippen LogP contribution in [0, 0.1) is 0 Å². The maximum Gasteiger partial charge on any atom is 0.490 e. The molecule has 0 atom stereocenters. The standard InChI is InChI=1S/C8H9Cl2N.C2HF3O2/c1-11-5-6-2-3-7(9)8(10)4-6;3-2(4,5)1(6)7/h2-4,11H,5H2,1H3;(H,6,7). The van der Waals surface area contributed by atoms with Gasteiger partial charge in [-0.05, 0) is 24.7 Å². The fraction of sp³-hybridized carbons (Fsp3) is 0.300. The zero-order chi connectivity index (χ0) is 14.3. The van der Waals surface area contributed by atoms with Crippen molar-refractivity contribution in [1.29, 1.82) is 0 Å². The first-order valence-electron chi connectivity index (χ1n) is 4.57. The third kappa shape index (κ3) is 6.68. The van der Waals surface area contributed by atoms with Gasteiger partial charge < -0.3 is 10.4 Å². The van der Waals surface area contributed by atoms with Crippen molar-refractivity contribution < 1.29 is 23.1 Å². The van der Waals surface area contributed by atoms with Crippen LogP contribution in [0.4, 0.5) is 13.2 Å². The van der Waals surface area contributed by atoms with E-state index < -0.39 is 12.1 Å². The Morgan fingerprint density at radius 1 is 1.33 bits per heavy atom. The Balaban J connectivity index is 0.000000360. The predicted octanol–water partition coefficient (Wildman–Crippen LogP) is 3.35. The summed E-state index contributed by atoms with van der Waals surface area (Å²) in [6, 6.07) is 5.61. The Labute approximate surface area is 112 Å². The molecule has 1 aromatic rings. The van der Waals surface area contributed by atoms with Gasteiger partial charge in [-0.25, -0.2) is 4.79 Å². The third-order valence-electron chi connectivity index (χ3n) is 1.61. The number of benzene rings is 1. The second-order valence-corrected chi connectivity index (χ2v) is 3.90. The van der Waals surface area contributed by atoms with Gasteiger partial charge in [0.15, 0.2) is 0 Å². The Morgan fingerprint density at radius 3 is 2.17 bits per heavy atom. The van der Waals surface area contributed by atoms with Crippen molar-refractivity contribution in [3.05, 3.63) is 33.8 Å². The van der Waals surface area contributed by atoms with Crippen LogP contribution in [-0.2, 0) is 11.3 Å². The molecule has 0 amide bonds. The van der Waals surface area contributed by atoms with Crippen molar-refractivity contribution in [2.24, 2.45) is 0 Å². The molecule has 102 valence electrons. The maximum atomic E-state index is 10.6. The Morgan fingerprint density at radius 2 is 1.83 bits per heavy atom. The van der Waals surface area contributed by atoms with E-state index in [0.717, 1.165) is 12.1 Å². The van der Waals surface area contributed by atoms with Gasteiger partial charge in [0.1, 0.15) is 0 Å². The molecule has 0 radical (unpaired) electrons. The average Bonchev–Trinajstić information content (AvgIpc) is 2.23. The normalized spacial score (nSPS) is 10.6. The smallest absolute Gasteiger partial charge is 0.475 e. The van der Waals surface area contributed by atoms with Crippen LogP contribution in [-0.4, -0.2) is 24.3 Å². The summed E-state index contributed by atoms with van der Waals surface area (Å²) in [5, 5.41) is 11.4. The van der Waals surface area contributed by atoms with Crippen molar-refractivity contribution in [1.82, 2.24) is 5.32 Å². The highest BCUT2D eigenvalue weighted by Gasteiger charge is 2.38. The molecule has 0 saturated heterocycles. The average molecular weight is 304 g/mol. The molecule has 0 heterocycles.